The average molecular weight is 286 g/mol. The first-order valence-corrected chi connectivity index (χ1v) is 6.69. The van der Waals surface area contributed by atoms with Crippen molar-refractivity contribution in [3.63, 3.8) is 0 Å². The molecule has 0 unspecified atom stereocenters. The predicted molar refractivity (Wildman–Crippen MR) is 79.4 cm³/mol. The quantitative estimate of drug-likeness (QED) is 0.795. The van der Waals surface area contributed by atoms with Gasteiger partial charge in [-0.05, 0) is 17.2 Å². The van der Waals surface area contributed by atoms with Crippen molar-refractivity contribution in [3.8, 4) is 11.5 Å². The molecule has 0 fully saturated rings. The molecule has 0 atom stereocenters. The number of aldehydes is 1. The Bertz CT molecular complexity index is 593. The molecular formula is C17H18O4. The van der Waals surface area contributed by atoms with E-state index in [4.69, 9.17) is 9.47 Å². The molecule has 21 heavy (non-hydrogen) atoms. The van der Waals surface area contributed by atoms with Crippen molar-refractivity contribution >= 4 is 6.29 Å². The van der Waals surface area contributed by atoms with Crippen molar-refractivity contribution in [2.45, 2.75) is 19.6 Å². The van der Waals surface area contributed by atoms with E-state index < -0.39 is 0 Å². The number of ether oxygens (including phenoxy) is 2. The maximum absolute atomic E-state index is 10.7. The lowest BCUT2D eigenvalue weighted by molar-refractivity contribution is -0.107. The molecule has 0 aliphatic rings. The van der Waals surface area contributed by atoms with Gasteiger partial charge in [0.25, 0.3) is 0 Å². The Morgan fingerprint density at radius 1 is 1.10 bits per heavy atom. The van der Waals surface area contributed by atoms with Gasteiger partial charge in [0.1, 0.15) is 6.29 Å². The smallest absolute Gasteiger partial charge is 0.163 e. The standard InChI is InChI=1S/C17H18O4/c1-20-16-8-7-14(9-10-18)15(17(16)19)12-21-11-13-5-3-2-4-6-13/h2-8,10,19H,9,11-12H2,1H3. The Labute approximate surface area is 123 Å². The van der Waals surface area contributed by atoms with Crippen LogP contribution < -0.4 is 4.74 Å². The second kappa shape index (κ2) is 7.45. The zero-order chi connectivity index (χ0) is 15.1. The summed E-state index contributed by atoms with van der Waals surface area (Å²) in [5.41, 5.74) is 2.39. The van der Waals surface area contributed by atoms with Crippen molar-refractivity contribution in [2.75, 3.05) is 7.11 Å². The van der Waals surface area contributed by atoms with Crippen molar-refractivity contribution in [2.24, 2.45) is 0 Å². The van der Waals surface area contributed by atoms with E-state index in [2.05, 4.69) is 0 Å². The van der Waals surface area contributed by atoms with Crippen LogP contribution in [0.3, 0.4) is 0 Å². The van der Waals surface area contributed by atoms with Crippen LogP contribution in [-0.2, 0) is 29.2 Å². The van der Waals surface area contributed by atoms with E-state index in [9.17, 15) is 9.90 Å². The highest BCUT2D eigenvalue weighted by molar-refractivity contribution is 5.59. The minimum Gasteiger partial charge on any atom is -0.504 e. The Morgan fingerprint density at radius 3 is 2.52 bits per heavy atom. The monoisotopic (exact) mass is 286 g/mol. The maximum Gasteiger partial charge on any atom is 0.163 e. The molecule has 0 saturated heterocycles. The Balaban J connectivity index is 2.11. The Morgan fingerprint density at radius 2 is 1.86 bits per heavy atom. The molecule has 2 aromatic rings. The van der Waals surface area contributed by atoms with Crippen LogP contribution in [0.1, 0.15) is 16.7 Å². The second-order valence-corrected chi connectivity index (χ2v) is 4.60. The fourth-order valence-electron chi connectivity index (χ4n) is 2.11. The lowest BCUT2D eigenvalue weighted by atomic mass is 10.0. The minimum absolute atomic E-state index is 0.0323. The summed E-state index contributed by atoms with van der Waals surface area (Å²) in [5, 5.41) is 10.2. The third-order valence-electron chi connectivity index (χ3n) is 3.22. The molecule has 0 heterocycles. The zero-order valence-electron chi connectivity index (χ0n) is 11.9. The summed E-state index contributed by atoms with van der Waals surface area (Å²) in [6.07, 6.45) is 1.05. The molecule has 1 N–H and O–H groups in total. The van der Waals surface area contributed by atoms with E-state index >= 15 is 0 Å². The molecule has 110 valence electrons. The van der Waals surface area contributed by atoms with Crippen molar-refractivity contribution < 1.29 is 19.4 Å². The van der Waals surface area contributed by atoms with E-state index in [-0.39, 0.29) is 18.8 Å². The second-order valence-electron chi connectivity index (χ2n) is 4.60. The molecule has 2 aromatic carbocycles. The highest BCUT2D eigenvalue weighted by Crippen LogP contribution is 2.33. The number of carbonyl (C=O) groups is 1. The number of benzene rings is 2. The third kappa shape index (κ3) is 3.83. The van der Waals surface area contributed by atoms with E-state index in [0.29, 0.717) is 17.9 Å². The summed E-state index contributed by atoms with van der Waals surface area (Å²) in [6, 6.07) is 13.2. The summed E-state index contributed by atoms with van der Waals surface area (Å²) in [4.78, 5) is 10.7. The molecule has 0 aliphatic heterocycles. The number of rotatable bonds is 7. The van der Waals surface area contributed by atoms with Gasteiger partial charge in [-0.1, -0.05) is 36.4 Å². The first-order valence-electron chi connectivity index (χ1n) is 6.69. The van der Waals surface area contributed by atoms with Gasteiger partial charge in [0.2, 0.25) is 0 Å². The van der Waals surface area contributed by atoms with E-state index in [1.54, 1.807) is 12.1 Å². The van der Waals surface area contributed by atoms with Gasteiger partial charge < -0.3 is 19.4 Å². The van der Waals surface area contributed by atoms with Gasteiger partial charge in [-0.25, -0.2) is 0 Å². The molecule has 0 aromatic heterocycles. The van der Waals surface area contributed by atoms with E-state index in [0.717, 1.165) is 17.4 Å². The van der Waals surface area contributed by atoms with Crippen LogP contribution >= 0.6 is 0 Å². The summed E-state index contributed by atoms with van der Waals surface area (Å²) in [6.45, 7) is 0.666. The zero-order valence-corrected chi connectivity index (χ0v) is 11.9. The fraction of sp³-hybridized carbons (Fsp3) is 0.235. The summed E-state index contributed by atoms with van der Waals surface area (Å²) in [7, 11) is 1.49. The molecule has 2 rings (SSSR count). The van der Waals surface area contributed by atoms with E-state index in [1.807, 2.05) is 30.3 Å². The number of hydrogen-bond donors (Lipinski definition) is 1. The highest BCUT2D eigenvalue weighted by atomic mass is 16.5. The SMILES string of the molecule is COc1ccc(CC=O)c(COCc2ccccc2)c1O. The van der Waals surface area contributed by atoms with Crippen LogP contribution in [0, 0.1) is 0 Å². The molecule has 0 saturated carbocycles. The summed E-state index contributed by atoms with van der Waals surface area (Å²) in [5.74, 6) is 0.410. The van der Waals surface area contributed by atoms with Crippen molar-refractivity contribution in [1.29, 1.82) is 0 Å². The molecular weight excluding hydrogens is 268 g/mol. The van der Waals surface area contributed by atoms with Crippen LogP contribution in [0.5, 0.6) is 11.5 Å². The van der Waals surface area contributed by atoms with Gasteiger partial charge in [-0.15, -0.1) is 0 Å². The predicted octanol–water partition coefficient (Wildman–Crippen LogP) is 2.86. The number of phenols is 1. The first-order chi connectivity index (χ1) is 10.3. The molecule has 4 heteroatoms. The average Bonchev–Trinajstić information content (AvgIpc) is 2.51. The van der Waals surface area contributed by atoms with Crippen molar-refractivity contribution in [3.05, 3.63) is 59.2 Å². The molecule has 0 aliphatic carbocycles. The van der Waals surface area contributed by atoms with Crippen LogP contribution in [0.25, 0.3) is 0 Å². The number of aromatic hydroxyl groups is 1. The number of phenolic OH excluding ortho intramolecular Hbond substituents is 1. The number of hydrogen-bond acceptors (Lipinski definition) is 4. The summed E-state index contributed by atoms with van der Waals surface area (Å²) < 4.78 is 10.7. The molecule has 0 spiro atoms. The molecule has 4 nitrogen and oxygen atoms in total. The number of methoxy groups -OCH3 is 1. The van der Waals surface area contributed by atoms with Crippen LogP contribution in [0.2, 0.25) is 0 Å². The lowest BCUT2D eigenvalue weighted by Gasteiger charge is -2.13. The summed E-state index contributed by atoms with van der Waals surface area (Å²) >= 11 is 0. The van der Waals surface area contributed by atoms with Gasteiger partial charge >= 0.3 is 0 Å². The largest absolute Gasteiger partial charge is 0.504 e. The first kappa shape index (κ1) is 15.1. The normalized spacial score (nSPS) is 10.3. The molecule has 0 radical (unpaired) electrons. The molecule has 0 amide bonds. The van der Waals surface area contributed by atoms with Gasteiger partial charge in [-0.2, -0.15) is 0 Å². The highest BCUT2D eigenvalue weighted by Gasteiger charge is 2.13. The molecule has 0 bridgehead atoms. The van der Waals surface area contributed by atoms with Gasteiger partial charge in [0.15, 0.2) is 11.5 Å². The van der Waals surface area contributed by atoms with Crippen molar-refractivity contribution in [1.82, 2.24) is 0 Å². The minimum atomic E-state index is 0.0323. The third-order valence-corrected chi connectivity index (χ3v) is 3.22. The maximum atomic E-state index is 10.7. The number of carbonyl (C=O) groups excluding carboxylic acids is 1. The van der Waals surface area contributed by atoms with Crippen LogP contribution in [-0.4, -0.2) is 18.5 Å². The van der Waals surface area contributed by atoms with E-state index in [1.165, 1.54) is 7.11 Å². The fourth-order valence-corrected chi connectivity index (χ4v) is 2.11. The topological polar surface area (TPSA) is 55.8 Å². The van der Waals surface area contributed by atoms with Crippen LogP contribution in [0.15, 0.2) is 42.5 Å². The van der Waals surface area contributed by atoms with Crippen LogP contribution in [0.4, 0.5) is 0 Å². The lowest BCUT2D eigenvalue weighted by Crippen LogP contribution is -2.01. The van der Waals surface area contributed by atoms with Gasteiger partial charge in [0.05, 0.1) is 20.3 Å². The Kier molecular flexibility index (Phi) is 5.35. The Hall–Kier alpha value is -2.33. The van der Waals surface area contributed by atoms with Gasteiger partial charge in [-0.3, -0.25) is 0 Å². The van der Waals surface area contributed by atoms with Gasteiger partial charge in [0, 0.05) is 12.0 Å².